The van der Waals surface area contributed by atoms with Crippen LogP contribution in [0, 0.1) is 6.92 Å². The minimum atomic E-state index is -0.0537. The number of thiophene rings is 1. The molecule has 2 aromatic rings. The van der Waals surface area contributed by atoms with Gasteiger partial charge in [-0.2, -0.15) is 0 Å². The molecular formula is C16H19NO2S. The van der Waals surface area contributed by atoms with Crippen molar-refractivity contribution in [2.75, 3.05) is 11.9 Å². The molecule has 1 heterocycles. The van der Waals surface area contributed by atoms with E-state index in [-0.39, 0.29) is 5.91 Å². The van der Waals surface area contributed by atoms with Crippen LogP contribution in [0.5, 0.6) is 5.75 Å². The summed E-state index contributed by atoms with van der Waals surface area (Å²) in [5.41, 5.74) is 2.02. The van der Waals surface area contributed by atoms with E-state index in [1.54, 1.807) is 11.3 Å². The van der Waals surface area contributed by atoms with Gasteiger partial charge in [0.1, 0.15) is 5.75 Å². The lowest BCUT2D eigenvalue weighted by Gasteiger charge is -2.06. The summed E-state index contributed by atoms with van der Waals surface area (Å²) in [5, 5.41) is 2.91. The summed E-state index contributed by atoms with van der Waals surface area (Å²) in [6, 6.07) is 9.39. The van der Waals surface area contributed by atoms with Crippen LogP contribution in [0.2, 0.25) is 0 Å². The number of anilines is 1. The Labute approximate surface area is 123 Å². The second-order valence-electron chi connectivity index (χ2n) is 4.46. The molecule has 3 nitrogen and oxygen atoms in total. The van der Waals surface area contributed by atoms with Gasteiger partial charge in [-0.1, -0.05) is 6.92 Å². The average Bonchev–Trinajstić information content (AvgIpc) is 2.82. The largest absolute Gasteiger partial charge is 0.494 e. The first-order chi connectivity index (χ1) is 9.63. The molecule has 0 aliphatic heterocycles. The molecule has 0 aliphatic rings. The molecule has 0 fully saturated rings. The van der Waals surface area contributed by atoms with E-state index < -0.39 is 0 Å². The number of nitrogens with one attached hydrogen (secondary N) is 1. The van der Waals surface area contributed by atoms with Crippen LogP contribution in [0.25, 0.3) is 0 Å². The molecule has 0 saturated heterocycles. The zero-order valence-corrected chi connectivity index (χ0v) is 12.8. The van der Waals surface area contributed by atoms with Crippen molar-refractivity contribution in [1.82, 2.24) is 0 Å². The molecule has 0 radical (unpaired) electrons. The Morgan fingerprint density at radius 3 is 2.50 bits per heavy atom. The van der Waals surface area contributed by atoms with Crippen LogP contribution in [0.3, 0.4) is 0 Å². The molecule has 1 amide bonds. The van der Waals surface area contributed by atoms with Gasteiger partial charge in [0.15, 0.2) is 0 Å². The summed E-state index contributed by atoms with van der Waals surface area (Å²) in [5.74, 6) is 0.757. The number of benzene rings is 1. The van der Waals surface area contributed by atoms with Gasteiger partial charge in [-0.05, 0) is 56.2 Å². The van der Waals surface area contributed by atoms with Gasteiger partial charge >= 0.3 is 0 Å². The maximum atomic E-state index is 12.2. The first-order valence-electron chi connectivity index (χ1n) is 6.77. The zero-order chi connectivity index (χ0) is 14.5. The molecule has 0 saturated carbocycles. The highest BCUT2D eigenvalue weighted by Crippen LogP contribution is 2.23. The van der Waals surface area contributed by atoms with Gasteiger partial charge < -0.3 is 10.1 Å². The molecule has 0 aliphatic carbocycles. The molecule has 1 aromatic carbocycles. The van der Waals surface area contributed by atoms with Crippen molar-refractivity contribution < 1.29 is 9.53 Å². The number of hydrogen-bond donors (Lipinski definition) is 1. The second-order valence-corrected chi connectivity index (χ2v) is 5.71. The number of ether oxygens (including phenoxy) is 1. The predicted molar refractivity (Wildman–Crippen MR) is 84.0 cm³/mol. The highest BCUT2D eigenvalue weighted by molar-refractivity contribution is 7.14. The van der Waals surface area contributed by atoms with E-state index in [4.69, 9.17) is 4.74 Å². The van der Waals surface area contributed by atoms with E-state index in [0.717, 1.165) is 22.7 Å². The van der Waals surface area contributed by atoms with E-state index in [9.17, 15) is 4.79 Å². The van der Waals surface area contributed by atoms with Gasteiger partial charge in [0.2, 0.25) is 0 Å². The topological polar surface area (TPSA) is 38.3 Å². The number of carbonyl (C=O) groups is 1. The molecule has 4 heteroatoms. The van der Waals surface area contributed by atoms with Crippen LogP contribution in [0.4, 0.5) is 5.69 Å². The highest BCUT2D eigenvalue weighted by Gasteiger charge is 2.11. The third-order valence-electron chi connectivity index (χ3n) is 3.05. The van der Waals surface area contributed by atoms with Crippen LogP contribution in [0.1, 0.15) is 34.0 Å². The summed E-state index contributed by atoms with van der Waals surface area (Å²) in [7, 11) is 0. The fraction of sp³-hybridized carbons (Fsp3) is 0.312. The quantitative estimate of drug-likeness (QED) is 0.892. The summed E-state index contributed by atoms with van der Waals surface area (Å²) < 4.78 is 5.37. The lowest BCUT2D eigenvalue weighted by atomic mass is 10.2. The van der Waals surface area contributed by atoms with Crippen LogP contribution in [-0.4, -0.2) is 12.5 Å². The smallest absolute Gasteiger partial charge is 0.265 e. The normalized spacial score (nSPS) is 10.3. The van der Waals surface area contributed by atoms with Crippen molar-refractivity contribution in [1.29, 1.82) is 0 Å². The Bertz CT molecular complexity index is 587. The Morgan fingerprint density at radius 2 is 1.95 bits per heavy atom. The van der Waals surface area contributed by atoms with Gasteiger partial charge in [-0.3, -0.25) is 4.79 Å². The molecule has 0 unspecified atom stereocenters. The Balaban J connectivity index is 2.06. The minimum absolute atomic E-state index is 0.0537. The van der Waals surface area contributed by atoms with Crippen molar-refractivity contribution in [3.8, 4) is 5.75 Å². The van der Waals surface area contributed by atoms with Gasteiger partial charge in [-0.15, -0.1) is 11.3 Å². The second kappa shape index (κ2) is 6.57. The van der Waals surface area contributed by atoms with Gasteiger partial charge in [0.05, 0.1) is 11.5 Å². The summed E-state index contributed by atoms with van der Waals surface area (Å²) in [4.78, 5) is 14.1. The molecule has 2 rings (SSSR count). The van der Waals surface area contributed by atoms with E-state index in [1.165, 1.54) is 10.4 Å². The first kappa shape index (κ1) is 14.6. The lowest BCUT2D eigenvalue weighted by Crippen LogP contribution is -2.10. The highest BCUT2D eigenvalue weighted by atomic mass is 32.1. The predicted octanol–water partition coefficient (Wildman–Crippen LogP) is 4.27. The van der Waals surface area contributed by atoms with Crippen molar-refractivity contribution in [3.63, 3.8) is 0 Å². The number of carbonyl (C=O) groups excluding carboxylic acids is 1. The maximum absolute atomic E-state index is 12.2. The zero-order valence-electron chi connectivity index (χ0n) is 12.0. The van der Waals surface area contributed by atoms with E-state index in [0.29, 0.717) is 6.61 Å². The third-order valence-corrected chi connectivity index (χ3v) is 4.14. The lowest BCUT2D eigenvalue weighted by molar-refractivity contribution is 0.103. The monoisotopic (exact) mass is 289 g/mol. The molecule has 20 heavy (non-hydrogen) atoms. The standard InChI is InChI=1S/C16H19NO2S/c1-4-12-10-15(20-11(12)3)16(18)17-13-6-8-14(9-7-13)19-5-2/h6-10H,4-5H2,1-3H3,(H,17,18). The molecule has 0 spiro atoms. The van der Waals surface area contributed by atoms with Gasteiger partial charge in [0, 0.05) is 10.6 Å². The number of rotatable bonds is 5. The van der Waals surface area contributed by atoms with Crippen LogP contribution < -0.4 is 10.1 Å². The summed E-state index contributed by atoms with van der Waals surface area (Å²) in [6.45, 7) is 6.74. The molecule has 106 valence electrons. The average molecular weight is 289 g/mol. The van der Waals surface area contributed by atoms with E-state index in [2.05, 4.69) is 19.2 Å². The molecule has 1 aromatic heterocycles. The molecule has 0 atom stereocenters. The van der Waals surface area contributed by atoms with E-state index >= 15 is 0 Å². The van der Waals surface area contributed by atoms with Crippen LogP contribution in [0.15, 0.2) is 30.3 Å². The minimum Gasteiger partial charge on any atom is -0.494 e. The molecular weight excluding hydrogens is 270 g/mol. The Kier molecular flexibility index (Phi) is 4.79. The Morgan fingerprint density at radius 1 is 1.25 bits per heavy atom. The van der Waals surface area contributed by atoms with Crippen LogP contribution in [-0.2, 0) is 6.42 Å². The van der Waals surface area contributed by atoms with Crippen molar-refractivity contribution in [2.45, 2.75) is 27.2 Å². The number of amides is 1. The van der Waals surface area contributed by atoms with Crippen molar-refractivity contribution >= 4 is 22.9 Å². The number of hydrogen-bond acceptors (Lipinski definition) is 3. The van der Waals surface area contributed by atoms with E-state index in [1.807, 2.05) is 37.3 Å². The van der Waals surface area contributed by atoms with Gasteiger partial charge in [-0.25, -0.2) is 0 Å². The summed E-state index contributed by atoms with van der Waals surface area (Å²) >= 11 is 1.54. The molecule has 1 N–H and O–H groups in total. The Hall–Kier alpha value is -1.81. The number of aryl methyl sites for hydroxylation is 2. The summed E-state index contributed by atoms with van der Waals surface area (Å²) in [6.07, 6.45) is 0.957. The third kappa shape index (κ3) is 3.39. The van der Waals surface area contributed by atoms with Crippen molar-refractivity contribution in [3.05, 3.63) is 45.6 Å². The maximum Gasteiger partial charge on any atom is 0.265 e. The van der Waals surface area contributed by atoms with Crippen LogP contribution >= 0.6 is 11.3 Å². The fourth-order valence-corrected chi connectivity index (χ4v) is 2.99. The SMILES string of the molecule is CCOc1ccc(NC(=O)c2cc(CC)c(C)s2)cc1. The molecule has 0 bridgehead atoms. The van der Waals surface area contributed by atoms with Crippen molar-refractivity contribution in [2.24, 2.45) is 0 Å². The fourth-order valence-electron chi connectivity index (χ4n) is 1.98. The first-order valence-corrected chi connectivity index (χ1v) is 7.59. The van der Waals surface area contributed by atoms with Gasteiger partial charge in [0.25, 0.3) is 5.91 Å².